The topological polar surface area (TPSA) is 54.4 Å². The molecule has 1 N–H and O–H groups in total. The molecular formula is C26H28O3SSe. The van der Waals surface area contributed by atoms with Crippen LogP contribution in [-0.4, -0.2) is 34.1 Å². The van der Waals surface area contributed by atoms with Crippen molar-refractivity contribution in [2.45, 2.75) is 44.1 Å². The minimum atomic E-state index is -3.92. The van der Waals surface area contributed by atoms with Gasteiger partial charge < -0.3 is 0 Å². The van der Waals surface area contributed by atoms with Gasteiger partial charge in [0.15, 0.2) is 0 Å². The van der Waals surface area contributed by atoms with E-state index in [1.807, 2.05) is 74.5 Å². The molecule has 1 unspecified atom stereocenters. The summed E-state index contributed by atoms with van der Waals surface area (Å²) in [7, 11) is -3.92. The molecule has 162 valence electrons. The van der Waals surface area contributed by atoms with Crippen molar-refractivity contribution in [2.24, 2.45) is 0 Å². The number of hydrogen-bond donors (Lipinski definition) is 1. The fraction of sp³-hybridized carbons (Fsp3) is 0.231. The van der Waals surface area contributed by atoms with Gasteiger partial charge in [-0.3, -0.25) is 0 Å². The fourth-order valence-corrected chi connectivity index (χ4v) is 8.50. The van der Waals surface area contributed by atoms with E-state index in [-0.39, 0.29) is 24.8 Å². The maximum atomic E-state index is 14.0. The summed E-state index contributed by atoms with van der Waals surface area (Å²) >= 11 is -0.312. The molecule has 0 aliphatic carbocycles. The third-order valence-electron chi connectivity index (χ3n) is 5.03. The Balaban J connectivity index is 2.34. The molecule has 1 atom stereocenters. The summed E-state index contributed by atoms with van der Waals surface area (Å²) in [5.74, 6) is 0. The van der Waals surface area contributed by atoms with Crippen LogP contribution in [0.3, 0.4) is 0 Å². The summed E-state index contributed by atoms with van der Waals surface area (Å²) in [4.78, 5) is 0.322. The second-order valence-electron chi connectivity index (χ2n) is 7.78. The van der Waals surface area contributed by atoms with E-state index >= 15 is 0 Å². The summed E-state index contributed by atoms with van der Waals surface area (Å²) in [5, 5.41) is 11.5. The molecule has 0 saturated carbocycles. The summed E-state index contributed by atoms with van der Waals surface area (Å²) in [5.41, 5.74) is 0.329. The SMILES string of the molecule is CCCC(C)(O)/C(=C(/[Se]c1ccccc1)c1ccccc1)S(=O)(=O)c1ccc(C)cc1. The van der Waals surface area contributed by atoms with Crippen LogP contribution < -0.4 is 4.46 Å². The quantitative estimate of drug-likeness (QED) is 0.457. The van der Waals surface area contributed by atoms with Crippen LogP contribution in [0.15, 0.2) is 94.7 Å². The van der Waals surface area contributed by atoms with E-state index in [4.69, 9.17) is 0 Å². The zero-order valence-corrected chi connectivity index (χ0v) is 20.6. The zero-order chi connectivity index (χ0) is 22.5. The van der Waals surface area contributed by atoms with Crippen LogP contribution in [0.4, 0.5) is 0 Å². The maximum absolute atomic E-state index is 14.0. The van der Waals surface area contributed by atoms with E-state index in [0.29, 0.717) is 17.3 Å². The number of rotatable bonds is 8. The second-order valence-corrected chi connectivity index (χ2v) is 11.9. The van der Waals surface area contributed by atoms with Crippen molar-refractivity contribution >= 4 is 33.7 Å². The minimum absolute atomic E-state index is 0.112. The average molecular weight is 500 g/mol. The van der Waals surface area contributed by atoms with E-state index in [1.165, 1.54) is 0 Å². The van der Waals surface area contributed by atoms with Crippen LogP contribution in [0.2, 0.25) is 0 Å². The third kappa shape index (κ3) is 5.55. The van der Waals surface area contributed by atoms with Crippen LogP contribution in [0, 0.1) is 6.92 Å². The van der Waals surface area contributed by atoms with Gasteiger partial charge in [0.05, 0.1) is 0 Å². The van der Waals surface area contributed by atoms with E-state index in [0.717, 1.165) is 15.6 Å². The van der Waals surface area contributed by atoms with Crippen LogP contribution >= 0.6 is 0 Å². The summed E-state index contributed by atoms with van der Waals surface area (Å²) in [6.07, 6.45) is 1.02. The standard InChI is InChI=1S/C26H28O3SSe/c1-4-19-26(3,27)25(30(28,29)22-17-15-20(2)16-18-22)24(21-11-7-5-8-12-21)31-23-13-9-6-10-14-23/h5-18,27H,4,19H2,1-3H3/b25-24-. The molecule has 3 rings (SSSR count). The van der Waals surface area contributed by atoms with Crippen LogP contribution in [-0.2, 0) is 9.84 Å². The van der Waals surface area contributed by atoms with E-state index in [9.17, 15) is 13.5 Å². The van der Waals surface area contributed by atoms with Crippen molar-refractivity contribution in [1.82, 2.24) is 0 Å². The van der Waals surface area contributed by atoms with Crippen LogP contribution in [0.25, 0.3) is 4.47 Å². The average Bonchev–Trinajstić information content (AvgIpc) is 2.74. The Hall–Kier alpha value is -2.17. The van der Waals surface area contributed by atoms with Crippen molar-refractivity contribution in [1.29, 1.82) is 0 Å². The van der Waals surface area contributed by atoms with Crippen LogP contribution in [0.5, 0.6) is 0 Å². The Kier molecular flexibility index (Phi) is 7.55. The van der Waals surface area contributed by atoms with E-state index in [1.54, 1.807) is 31.2 Å². The Morgan fingerprint density at radius 2 is 1.45 bits per heavy atom. The van der Waals surface area contributed by atoms with Gasteiger partial charge >= 0.3 is 192 Å². The first-order valence-corrected chi connectivity index (χ1v) is 13.5. The molecule has 0 radical (unpaired) electrons. The van der Waals surface area contributed by atoms with Gasteiger partial charge in [-0.1, -0.05) is 0 Å². The normalized spacial score (nSPS) is 14.6. The van der Waals surface area contributed by atoms with Crippen molar-refractivity contribution in [3.63, 3.8) is 0 Å². The fourth-order valence-electron chi connectivity index (χ4n) is 3.52. The molecule has 0 aliphatic rings. The molecule has 0 aromatic heterocycles. The van der Waals surface area contributed by atoms with Crippen molar-refractivity contribution in [3.05, 3.63) is 101 Å². The van der Waals surface area contributed by atoms with Gasteiger partial charge in [-0.05, 0) is 0 Å². The Labute approximate surface area is 191 Å². The molecule has 0 bridgehead atoms. The number of sulfone groups is 1. The number of hydrogen-bond acceptors (Lipinski definition) is 3. The molecule has 0 spiro atoms. The molecule has 5 heteroatoms. The molecule has 31 heavy (non-hydrogen) atoms. The van der Waals surface area contributed by atoms with Crippen molar-refractivity contribution in [2.75, 3.05) is 0 Å². The van der Waals surface area contributed by atoms with Gasteiger partial charge in [0.25, 0.3) is 0 Å². The van der Waals surface area contributed by atoms with Gasteiger partial charge in [0.1, 0.15) is 0 Å². The molecule has 0 aliphatic heterocycles. The van der Waals surface area contributed by atoms with Crippen molar-refractivity contribution in [3.8, 4) is 0 Å². The number of aryl methyl sites for hydroxylation is 1. The van der Waals surface area contributed by atoms with Gasteiger partial charge in [0, 0.05) is 0 Å². The van der Waals surface area contributed by atoms with Gasteiger partial charge in [-0.15, -0.1) is 0 Å². The van der Waals surface area contributed by atoms with Crippen LogP contribution in [0.1, 0.15) is 37.8 Å². The molecule has 0 fully saturated rings. The van der Waals surface area contributed by atoms with Gasteiger partial charge in [0.2, 0.25) is 0 Å². The van der Waals surface area contributed by atoms with E-state index in [2.05, 4.69) is 0 Å². The molecule has 0 saturated heterocycles. The second kappa shape index (κ2) is 9.97. The Morgan fingerprint density at radius 3 is 2.00 bits per heavy atom. The summed E-state index contributed by atoms with van der Waals surface area (Å²) in [6, 6.07) is 26.3. The molecule has 3 aromatic rings. The van der Waals surface area contributed by atoms with E-state index < -0.39 is 15.4 Å². The molecule has 0 heterocycles. The summed E-state index contributed by atoms with van der Waals surface area (Å²) in [6.45, 7) is 5.50. The number of aliphatic hydroxyl groups is 1. The first-order chi connectivity index (χ1) is 14.8. The molecule has 0 amide bonds. The summed E-state index contributed by atoms with van der Waals surface area (Å²) < 4.78 is 29.7. The zero-order valence-electron chi connectivity index (χ0n) is 18.1. The van der Waals surface area contributed by atoms with Crippen molar-refractivity contribution < 1.29 is 13.5 Å². The first kappa shape index (κ1) is 23.5. The predicted molar refractivity (Wildman–Crippen MR) is 129 cm³/mol. The Bertz CT molecular complexity index is 1130. The van der Waals surface area contributed by atoms with Gasteiger partial charge in [-0.25, -0.2) is 0 Å². The molecular weight excluding hydrogens is 471 g/mol. The molecule has 3 nitrogen and oxygen atoms in total. The monoisotopic (exact) mass is 500 g/mol. The Morgan fingerprint density at radius 1 is 0.903 bits per heavy atom. The number of benzene rings is 3. The third-order valence-corrected chi connectivity index (χ3v) is 9.81. The van der Waals surface area contributed by atoms with Gasteiger partial charge in [-0.2, -0.15) is 0 Å². The molecule has 3 aromatic carbocycles. The first-order valence-electron chi connectivity index (χ1n) is 10.3. The predicted octanol–water partition coefficient (Wildman–Crippen LogP) is 4.72.